The number of benzene rings is 4. The lowest BCUT2D eigenvalue weighted by Crippen LogP contribution is -2.53. The first-order valence-electron chi connectivity index (χ1n) is 13.9. The number of esters is 1. The number of ether oxygens (including phenoxy) is 1. The predicted octanol–water partition coefficient (Wildman–Crippen LogP) is 5.47. The number of carbonyl (C=O) groups excluding carboxylic acids is 3. The number of fused-ring (bicyclic) bond motifs is 6. The number of hydrogen-bond acceptors (Lipinski definition) is 5. The lowest BCUT2D eigenvalue weighted by atomic mass is 9.69. The quantitative estimate of drug-likeness (QED) is 0.187. The molecule has 2 amide bonds. The van der Waals surface area contributed by atoms with Crippen LogP contribution < -0.4 is 10.2 Å². The molecule has 2 aliphatic heterocycles. The molecule has 7 nitrogen and oxygen atoms in total. The lowest BCUT2D eigenvalue weighted by Gasteiger charge is -2.32. The first-order valence-corrected chi connectivity index (χ1v) is 13.9. The number of cyclic esters (lactones) is 1. The zero-order valence-corrected chi connectivity index (χ0v) is 22.9. The second-order valence-corrected chi connectivity index (χ2v) is 11.2. The summed E-state index contributed by atoms with van der Waals surface area (Å²) in [5.41, 5.74) is 0.126. The Morgan fingerprint density at radius 3 is 2.44 bits per heavy atom. The van der Waals surface area contributed by atoms with E-state index in [0.717, 1.165) is 5.39 Å². The molecule has 0 aliphatic carbocycles. The van der Waals surface area contributed by atoms with E-state index < -0.39 is 41.2 Å². The highest BCUT2D eigenvalue weighted by molar-refractivity contribution is 6.32. The Hall–Kier alpha value is -4.30. The van der Waals surface area contributed by atoms with Gasteiger partial charge in [0.25, 0.3) is 0 Å². The third kappa shape index (κ3) is 4.34. The maximum absolute atomic E-state index is 14.7. The van der Waals surface area contributed by atoms with Gasteiger partial charge in [0.05, 0.1) is 18.2 Å². The van der Waals surface area contributed by atoms with Crippen molar-refractivity contribution in [2.75, 3.05) is 16.8 Å². The molecule has 4 aromatic carbocycles. The molecule has 2 heterocycles. The Bertz CT molecular complexity index is 1690. The molecule has 1 unspecified atom stereocenters. The summed E-state index contributed by atoms with van der Waals surface area (Å²) in [4.78, 5) is 42.7. The number of aliphatic hydroxyl groups excluding tert-OH is 1. The van der Waals surface area contributed by atoms with Gasteiger partial charge in [-0.25, -0.2) is 4.39 Å². The minimum Gasteiger partial charge on any atom is -0.462 e. The Labute approximate surface area is 236 Å². The number of para-hydroxylation sites is 1. The Kier molecular flexibility index (Phi) is 6.74. The van der Waals surface area contributed by atoms with Gasteiger partial charge in [0, 0.05) is 36.0 Å². The van der Waals surface area contributed by atoms with Crippen molar-refractivity contribution < 1.29 is 28.6 Å². The van der Waals surface area contributed by atoms with Crippen molar-refractivity contribution in [2.24, 2.45) is 5.92 Å². The summed E-state index contributed by atoms with van der Waals surface area (Å²) >= 11 is 0. The van der Waals surface area contributed by atoms with Gasteiger partial charge in [-0.3, -0.25) is 14.4 Å². The molecule has 0 radical (unpaired) electrons. The number of halogens is 1. The van der Waals surface area contributed by atoms with E-state index in [1.165, 1.54) is 12.1 Å². The van der Waals surface area contributed by atoms with E-state index in [2.05, 4.69) is 5.32 Å². The van der Waals surface area contributed by atoms with Crippen LogP contribution in [0.5, 0.6) is 0 Å². The molecule has 4 aromatic rings. The van der Waals surface area contributed by atoms with Gasteiger partial charge in [-0.2, -0.15) is 0 Å². The zero-order valence-electron chi connectivity index (χ0n) is 22.9. The monoisotopic (exact) mass is 554 g/mol. The van der Waals surface area contributed by atoms with E-state index in [9.17, 15) is 23.9 Å². The van der Waals surface area contributed by atoms with Crippen LogP contribution in [0.1, 0.15) is 38.7 Å². The van der Waals surface area contributed by atoms with E-state index in [1.54, 1.807) is 23.1 Å². The predicted molar refractivity (Wildman–Crippen MR) is 155 cm³/mol. The van der Waals surface area contributed by atoms with Crippen LogP contribution in [-0.2, 0) is 24.5 Å². The van der Waals surface area contributed by atoms with Crippen LogP contribution in [0.25, 0.3) is 21.5 Å². The van der Waals surface area contributed by atoms with Gasteiger partial charge in [-0.05, 0) is 52.4 Å². The van der Waals surface area contributed by atoms with Crippen LogP contribution in [0.2, 0.25) is 0 Å². The largest absolute Gasteiger partial charge is 0.462 e. The number of nitrogens with zero attached hydrogens (tertiary/aromatic N) is 1. The van der Waals surface area contributed by atoms with E-state index in [0.29, 0.717) is 33.1 Å². The number of rotatable bonds is 6. The molecule has 0 bridgehead atoms. The molecular weight excluding hydrogens is 523 g/mol. The summed E-state index contributed by atoms with van der Waals surface area (Å²) in [5, 5.41) is 15.9. The van der Waals surface area contributed by atoms with Crippen molar-refractivity contribution in [2.45, 2.75) is 50.7 Å². The fraction of sp³-hybridized carbons (Fsp3) is 0.303. The number of hydrogen-bond donors (Lipinski definition) is 2. The molecule has 8 heteroatoms. The molecule has 0 saturated carbocycles. The summed E-state index contributed by atoms with van der Waals surface area (Å²) in [6, 6.07) is 21.0. The molecule has 2 N–H and O–H groups in total. The number of nitrogens with one attached hydrogen (secondary N) is 1. The Morgan fingerprint density at radius 1 is 1.02 bits per heavy atom. The molecule has 3 atom stereocenters. The number of amides is 2. The van der Waals surface area contributed by atoms with E-state index >= 15 is 0 Å². The fourth-order valence-electron chi connectivity index (χ4n) is 6.53. The molecule has 0 spiro atoms. The summed E-state index contributed by atoms with van der Waals surface area (Å²) in [6.45, 7) is 3.87. The average molecular weight is 555 g/mol. The van der Waals surface area contributed by atoms with Crippen LogP contribution >= 0.6 is 0 Å². The summed E-state index contributed by atoms with van der Waals surface area (Å²) in [7, 11) is 0. The maximum atomic E-state index is 14.7. The molecule has 210 valence electrons. The Balaban J connectivity index is 1.57. The smallest absolute Gasteiger partial charge is 0.308 e. The second-order valence-electron chi connectivity index (χ2n) is 11.2. The van der Waals surface area contributed by atoms with Gasteiger partial charge in [0.2, 0.25) is 11.8 Å². The van der Waals surface area contributed by atoms with Crippen LogP contribution in [0, 0.1) is 11.7 Å². The van der Waals surface area contributed by atoms with Gasteiger partial charge >= 0.3 is 5.97 Å². The minimum absolute atomic E-state index is 0.0553. The molecule has 1 fully saturated rings. The van der Waals surface area contributed by atoms with Crippen LogP contribution in [0.15, 0.2) is 72.8 Å². The highest BCUT2D eigenvalue weighted by atomic mass is 19.1. The number of anilines is 2. The normalized spacial score (nSPS) is 22.3. The van der Waals surface area contributed by atoms with Gasteiger partial charge in [-0.15, -0.1) is 0 Å². The van der Waals surface area contributed by atoms with Crippen molar-refractivity contribution in [1.82, 2.24) is 0 Å². The molecule has 6 rings (SSSR count). The molecule has 2 aliphatic rings. The molecular formula is C33H31FN2O5. The number of carbonyl (C=O) groups is 3. The fourth-order valence-corrected chi connectivity index (χ4v) is 6.53. The molecule has 0 aromatic heterocycles. The summed E-state index contributed by atoms with van der Waals surface area (Å²) in [6.07, 6.45) is -0.882. The van der Waals surface area contributed by atoms with Crippen molar-refractivity contribution >= 4 is 50.7 Å². The Morgan fingerprint density at radius 2 is 1.73 bits per heavy atom. The van der Waals surface area contributed by atoms with Crippen LogP contribution in [0.4, 0.5) is 15.8 Å². The molecule has 1 saturated heterocycles. The van der Waals surface area contributed by atoms with E-state index in [4.69, 9.17) is 4.74 Å². The van der Waals surface area contributed by atoms with Crippen LogP contribution in [-0.4, -0.2) is 41.6 Å². The van der Waals surface area contributed by atoms with Gasteiger partial charge in [0.1, 0.15) is 11.9 Å². The first kappa shape index (κ1) is 26.9. The third-order valence-electron chi connectivity index (χ3n) is 8.37. The van der Waals surface area contributed by atoms with Crippen molar-refractivity contribution in [1.29, 1.82) is 0 Å². The zero-order chi connectivity index (χ0) is 28.9. The van der Waals surface area contributed by atoms with Crippen molar-refractivity contribution in [3.05, 3.63) is 84.2 Å². The minimum atomic E-state index is -1.59. The topological polar surface area (TPSA) is 95.9 Å². The number of aliphatic hydroxyl groups is 1. The third-order valence-corrected chi connectivity index (χ3v) is 8.37. The van der Waals surface area contributed by atoms with Crippen LogP contribution in [0.3, 0.4) is 0 Å². The maximum Gasteiger partial charge on any atom is 0.308 e. The van der Waals surface area contributed by atoms with Crippen molar-refractivity contribution in [3.63, 3.8) is 0 Å². The summed E-state index contributed by atoms with van der Waals surface area (Å²) < 4.78 is 20.1. The highest BCUT2D eigenvalue weighted by Gasteiger charge is 2.59. The molecule has 41 heavy (non-hydrogen) atoms. The van der Waals surface area contributed by atoms with E-state index in [-0.39, 0.29) is 31.7 Å². The SMILES string of the molecule is CC(C)C1(C(=O)Nc2ccccc2)C(=O)N(CC[C@@H]2C[C@@H](O)CC(=O)O2)c2c1c1ccccc1c1cc(F)ccc21. The van der Waals surface area contributed by atoms with Crippen molar-refractivity contribution in [3.8, 4) is 0 Å². The van der Waals surface area contributed by atoms with E-state index in [1.807, 2.05) is 56.3 Å². The van der Waals surface area contributed by atoms with Gasteiger partial charge < -0.3 is 20.1 Å². The first-order chi connectivity index (χ1) is 19.7. The van der Waals surface area contributed by atoms with Gasteiger partial charge in [-0.1, -0.05) is 56.3 Å². The summed E-state index contributed by atoms with van der Waals surface area (Å²) in [5.74, 6) is -2.16. The highest BCUT2D eigenvalue weighted by Crippen LogP contribution is 2.54. The standard InChI is InChI=1S/C33H31FN2O5/c1-19(2)33(31(39)35-21-8-4-3-5-9-21)29-25-11-7-6-10-24(25)27-16-20(34)12-13-26(27)30(29)36(32(33)40)15-14-23-17-22(37)18-28(38)41-23/h3-13,16,19,22-23,37H,14-15,17-18H2,1-2H3,(H,35,39)/t22-,23-,33?/m1/s1. The second kappa shape index (κ2) is 10.3. The van der Waals surface area contributed by atoms with Gasteiger partial charge in [0.15, 0.2) is 5.41 Å². The lowest BCUT2D eigenvalue weighted by molar-refractivity contribution is -0.160. The average Bonchev–Trinajstić information content (AvgIpc) is 3.21.